The van der Waals surface area contributed by atoms with Crippen molar-refractivity contribution in [1.82, 2.24) is 10.2 Å². The molecule has 26 heavy (non-hydrogen) atoms. The maximum atomic E-state index is 12.8. The topological polar surface area (TPSA) is 95.5 Å². The summed E-state index contributed by atoms with van der Waals surface area (Å²) in [6, 6.07) is 8.15. The first kappa shape index (κ1) is 20.1. The zero-order chi connectivity index (χ0) is 19.5. The van der Waals surface area contributed by atoms with Crippen molar-refractivity contribution in [2.75, 3.05) is 0 Å². The highest BCUT2D eigenvalue weighted by atomic mass is 32.2. The third-order valence-electron chi connectivity index (χ3n) is 3.78. The lowest BCUT2D eigenvalue weighted by molar-refractivity contribution is -0.131. The number of carbonyl (C=O) groups is 1. The van der Waals surface area contributed by atoms with Gasteiger partial charge in [-0.3, -0.25) is 10.0 Å². The second-order valence-corrected chi connectivity index (χ2v) is 9.10. The summed E-state index contributed by atoms with van der Waals surface area (Å²) < 4.78 is 27.9. The maximum Gasteiger partial charge on any atom is 0.261 e. The molecule has 1 heterocycles. The Morgan fingerprint density at radius 3 is 2.38 bits per heavy atom. The lowest BCUT2D eigenvalue weighted by atomic mass is 10.1. The highest BCUT2D eigenvalue weighted by Crippen LogP contribution is 2.34. The van der Waals surface area contributed by atoms with E-state index >= 15 is 0 Å². The normalized spacial score (nSPS) is 12.6. The first-order valence-electron chi connectivity index (χ1n) is 7.83. The van der Waals surface area contributed by atoms with Crippen LogP contribution in [0.5, 0.6) is 0 Å². The van der Waals surface area contributed by atoms with Crippen molar-refractivity contribution in [2.45, 2.75) is 31.0 Å². The van der Waals surface area contributed by atoms with Gasteiger partial charge in [-0.05, 0) is 24.5 Å². The zero-order valence-electron chi connectivity index (χ0n) is 14.6. The van der Waals surface area contributed by atoms with Gasteiger partial charge in [0, 0.05) is 4.88 Å². The Morgan fingerprint density at radius 1 is 1.27 bits per heavy atom. The SMILES string of the molecule is C#Cc1cc(-c2ccc(C)cc2)sc1S(=O)(=O)NC(C(=O)NO)C(C)C. The van der Waals surface area contributed by atoms with Crippen molar-refractivity contribution in [3.8, 4) is 22.8 Å². The van der Waals surface area contributed by atoms with E-state index in [1.807, 2.05) is 31.2 Å². The number of amides is 1. The van der Waals surface area contributed by atoms with Gasteiger partial charge in [-0.15, -0.1) is 17.8 Å². The van der Waals surface area contributed by atoms with Gasteiger partial charge in [0.25, 0.3) is 15.9 Å². The van der Waals surface area contributed by atoms with Gasteiger partial charge in [0.05, 0.1) is 5.56 Å². The summed E-state index contributed by atoms with van der Waals surface area (Å²) in [6.07, 6.45) is 5.48. The van der Waals surface area contributed by atoms with E-state index in [2.05, 4.69) is 10.6 Å². The number of nitrogens with one attached hydrogen (secondary N) is 2. The van der Waals surface area contributed by atoms with Gasteiger partial charge in [0.15, 0.2) is 4.21 Å². The predicted octanol–water partition coefficient (Wildman–Crippen LogP) is 2.51. The van der Waals surface area contributed by atoms with Crippen LogP contribution in [-0.2, 0) is 14.8 Å². The molecule has 0 radical (unpaired) electrons. The van der Waals surface area contributed by atoms with Gasteiger partial charge in [0.1, 0.15) is 6.04 Å². The summed E-state index contributed by atoms with van der Waals surface area (Å²) in [5, 5.41) is 8.83. The molecule has 0 aliphatic heterocycles. The molecular formula is C18H20N2O4S2. The van der Waals surface area contributed by atoms with Crippen molar-refractivity contribution in [2.24, 2.45) is 5.92 Å². The average Bonchev–Trinajstić information content (AvgIpc) is 3.05. The first-order chi connectivity index (χ1) is 12.2. The van der Waals surface area contributed by atoms with Crippen LogP contribution in [-0.4, -0.2) is 25.6 Å². The number of terminal acetylenes is 1. The number of sulfonamides is 1. The smallest absolute Gasteiger partial charge is 0.261 e. The van der Waals surface area contributed by atoms with Crippen LogP contribution >= 0.6 is 11.3 Å². The van der Waals surface area contributed by atoms with E-state index in [0.29, 0.717) is 4.88 Å². The molecule has 8 heteroatoms. The van der Waals surface area contributed by atoms with Crippen LogP contribution in [0.25, 0.3) is 10.4 Å². The molecule has 2 rings (SSSR count). The van der Waals surface area contributed by atoms with Gasteiger partial charge in [0.2, 0.25) is 0 Å². The van der Waals surface area contributed by atoms with E-state index in [-0.39, 0.29) is 15.7 Å². The molecule has 0 saturated heterocycles. The van der Waals surface area contributed by atoms with E-state index in [1.165, 1.54) is 5.48 Å². The summed E-state index contributed by atoms with van der Waals surface area (Å²) in [6.45, 7) is 5.29. The van der Waals surface area contributed by atoms with Gasteiger partial charge < -0.3 is 0 Å². The fourth-order valence-corrected chi connectivity index (χ4v) is 5.26. The van der Waals surface area contributed by atoms with Gasteiger partial charge in [-0.25, -0.2) is 13.9 Å². The minimum Gasteiger partial charge on any atom is -0.289 e. The number of carbonyl (C=O) groups excluding carboxylic acids is 1. The number of benzene rings is 1. The Bertz CT molecular complexity index is 939. The maximum absolute atomic E-state index is 12.8. The molecule has 1 atom stereocenters. The lowest BCUT2D eigenvalue weighted by Gasteiger charge is -2.19. The summed E-state index contributed by atoms with van der Waals surface area (Å²) in [7, 11) is -4.04. The molecule has 0 spiro atoms. The van der Waals surface area contributed by atoms with Crippen LogP contribution in [0.2, 0.25) is 0 Å². The first-order valence-corrected chi connectivity index (χ1v) is 10.1. The molecule has 1 aromatic carbocycles. The Hall–Kier alpha value is -2.18. The fourth-order valence-electron chi connectivity index (χ4n) is 2.32. The van der Waals surface area contributed by atoms with Crippen LogP contribution in [0.3, 0.4) is 0 Å². The predicted molar refractivity (Wildman–Crippen MR) is 101 cm³/mol. The van der Waals surface area contributed by atoms with E-state index in [9.17, 15) is 13.2 Å². The molecule has 0 fully saturated rings. The van der Waals surface area contributed by atoms with Crippen molar-refractivity contribution in [3.63, 3.8) is 0 Å². The summed E-state index contributed by atoms with van der Waals surface area (Å²) in [5.41, 5.74) is 3.65. The molecule has 2 aromatic rings. The highest BCUT2D eigenvalue weighted by Gasteiger charge is 2.30. The Labute approximate surface area is 157 Å². The van der Waals surface area contributed by atoms with E-state index < -0.39 is 22.0 Å². The summed E-state index contributed by atoms with van der Waals surface area (Å²) in [5.74, 6) is 1.19. The van der Waals surface area contributed by atoms with Crippen molar-refractivity contribution >= 4 is 27.3 Å². The summed E-state index contributed by atoms with van der Waals surface area (Å²) >= 11 is 1.04. The molecule has 1 aromatic heterocycles. The molecule has 1 amide bonds. The molecule has 6 nitrogen and oxygen atoms in total. The Balaban J connectivity index is 2.44. The monoisotopic (exact) mass is 392 g/mol. The van der Waals surface area contributed by atoms with Crippen LogP contribution in [0.15, 0.2) is 34.5 Å². The lowest BCUT2D eigenvalue weighted by Crippen LogP contribution is -2.48. The van der Waals surface area contributed by atoms with Gasteiger partial charge in [-0.2, -0.15) is 4.72 Å². The molecule has 3 N–H and O–H groups in total. The van der Waals surface area contributed by atoms with Crippen molar-refractivity contribution in [3.05, 3.63) is 41.5 Å². The van der Waals surface area contributed by atoms with Crippen LogP contribution in [0.4, 0.5) is 0 Å². The number of hydrogen-bond donors (Lipinski definition) is 3. The molecule has 0 saturated carbocycles. The third-order valence-corrected chi connectivity index (χ3v) is 6.93. The fraction of sp³-hybridized carbons (Fsp3) is 0.278. The second kappa shape index (κ2) is 8.01. The average molecular weight is 393 g/mol. The number of aryl methyl sites for hydroxylation is 1. The third kappa shape index (κ3) is 4.31. The minimum atomic E-state index is -4.04. The minimum absolute atomic E-state index is 0.0352. The number of thiophene rings is 1. The van der Waals surface area contributed by atoms with Gasteiger partial charge in [-0.1, -0.05) is 49.6 Å². The van der Waals surface area contributed by atoms with Crippen molar-refractivity contribution in [1.29, 1.82) is 0 Å². The van der Waals surface area contributed by atoms with Crippen LogP contribution in [0.1, 0.15) is 25.0 Å². The molecule has 1 unspecified atom stereocenters. The number of rotatable bonds is 6. The zero-order valence-corrected chi connectivity index (χ0v) is 16.2. The van der Waals surface area contributed by atoms with E-state index in [0.717, 1.165) is 22.5 Å². The molecule has 0 aliphatic rings. The Morgan fingerprint density at radius 2 is 1.88 bits per heavy atom. The highest BCUT2D eigenvalue weighted by molar-refractivity contribution is 7.91. The van der Waals surface area contributed by atoms with Crippen molar-refractivity contribution < 1.29 is 18.4 Å². The van der Waals surface area contributed by atoms with E-state index in [4.69, 9.17) is 11.6 Å². The molecule has 138 valence electrons. The quantitative estimate of drug-likeness (QED) is 0.400. The Kier molecular flexibility index (Phi) is 6.21. The van der Waals surface area contributed by atoms with Crippen LogP contribution < -0.4 is 10.2 Å². The standard InChI is InChI=1S/C18H20N2O4S2/c1-5-13-10-15(14-8-6-12(4)7-9-14)25-18(13)26(23,24)20-16(11(2)3)17(21)19-22/h1,6-11,16,20,22H,2-4H3,(H,19,21). The van der Waals surface area contributed by atoms with E-state index in [1.54, 1.807) is 19.9 Å². The number of hydroxylamine groups is 1. The summed E-state index contributed by atoms with van der Waals surface area (Å²) in [4.78, 5) is 12.5. The molecule has 0 aliphatic carbocycles. The number of hydrogen-bond acceptors (Lipinski definition) is 5. The van der Waals surface area contributed by atoms with Gasteiger partial charge >= 0.3 is 0 Å². The molecule has 0 bridgehead atoms. The molecular weight excluding hydrogens is 372 g/mol. The largest absolute Gasteiger partial charge is 0.289 e. The second-order valence-electron chi connectivity index (χ2n) is 6.14. The van der Waals surface area contributed by atoms with Crippen LogP contribution in [0, 0.1) is 25.2 Å².